The first-order valence-electron chi connectivity index (χ1n) is 10.3. The van der Waals surface area contributed by atoms with Gasteiger partial charge in [-0.2, -0.15) is 0 Å². The first kappa shape index (κ1) is 22.4. The van der Waals surface area contributed by atoms with Crippen molar-refractivity contribution < 1.29 is 14.3 Å². The molecule has 2 aliphatic rings. The summed E-state index contributed by atoms with van der Waals surface area (Å²) in [4.78, 5) is 12.2. The quantitative estimate of drug-likeness (QED) is 0.512. The number of carbonyl (C=O) groups excluding carboxylic acids is 1. The zero-order valence-corrected chi connectivity index (χ0v) is 17.7. The topological polar surface area (TPSA) is 47.6 Å². The number of para-hydroxylation sites is 2. The van der Waals surface area contributed by atoms with Gasteiger partial charge in [0.1, 0.15) is 0 Å². The van der Waals surface area contributed by atoms with E-state index in [1.165, 1.54) is 22.3 Å². The third-order valence-corrected chi connectivity index (χ3v) is 5.76. The van der Waals surface area contributed by atoms with Gasteiger partial charge in [-0.3, -0.25) is 4.79 Å². The molecular formula is C27H31NO3. The largest absolute Gasteiger partial charge is 0.454 e. The molecular weight excluding hydrogens is 386 g/mol. The minimum Gasteiger partial charge on any atom is -0.454 e. The Balaban J connectivity index is 0.000000227. The number of hydrogen-bond acceptors (Lipinski definition) is 3. The average molecular weight is 418 g/mol. The molecule has 0 radical (unpaired) electrons. The molecule has 3 aromatic rings. The molecule has 0 aromatic heterocycles. The Kier molecular flexibility index (Phi) is 6.69. The Morgan fingerprint density at radius 2 is 1.42 bits per heavy atom. The van der Waals surface area contributed by atoms with Crippen LogP contribution in [0, 0.1) is 19.3 Å². The van der Waals surface area contributed by atoms with Gasteiger partial charge in [0, 0.05) is 11.1 Å². The Labute approximate surface area is 185 Å². The van der Waals surface area contributed by atoms with Crippen LogP contribution >= 0.6 is 0 Å². The molecule has 3 aromatic carbocycles. The van der Waals surface area contributed by atoms with Gasteiger partial charge in [0.05, 0.1) is 0 Å². The SMILES string of the molecule is C.Cc1ccccc1-c1cc(NC(=O)C2(C)CC2)ccc1C.c1ccc2c(c1)OCO2. The van der Waals surface area contributed by atoms with Crippen LogP contribution in [0.25, 0.3) is 11.1 Å². The number of ether oxygens (including phenoxy) is 2. The van der Waals surface area contributed by atoms with Gasteiger partial charge in [-0.1, -0.05) is 56.8 Å². The van der Waals surface area contributed by atoms with Gasteiger partial charge < -0.3 is 14.8 Å². The monoisotopic (exact) mass is 417 g/mol. The molecule has 1 fully saturated rings. The van der Waals surface area contributed by atoms with Crippen LogP contribution in [-0.4, -0.2) is 12.7 Å². The first-order valence-corrected chi connectivity index (χ1v) is 10.3. The van der Waals surface area contributed by atoms with Crippen LogP contribution in [0.2, 0.25) is 0 Å². The van der Waals surface area contributed by atoms with Crippen LogP contribution in [0.5, 0.6) is 11.5 Å². The van der Waals surface area contributed by atoms with Crippen molar-refractivity contribution in [2.24, 2.45) is 5.41 Å². The summed E-state index contributed by atoms with van der Waals surface area (Å²) in [5.74, 6) is 1.83. The fraction of sp³-hybridized carbons (Fsp3) is 0.296. The molecule has 4 nitrogen and oxygen atoms in total. The van der Waals surface area contributed by atoms with Gasteiger partial charge in [0.2, 0.25) is 12.7 Å². The molecule has 1 saturated carbocycles. The number of carbonyl (C=O) groups is 1. The van der Waals surface area contributed by atoms with Gasteiger partial charge in [-0.15, -0.1) is 0 Å². The van der Waals surface area contributed by atoms with Crippen LogP contribution < -0.4 is 14.8 Å². The zero-order valence-electron chi connectivity index (χ0n) is 17.7. The predicted octanol–water partition coefficient (Wildman–Crippen LogP) is 6.76. The van der Waals surface area contributed by atoms with Crippen LogP contribution in [0.4, 0.5) is 5.69 Å². The number of rotatable bonds is 3. The Bertz CT molecular complexity index is 1050. The van der Waals surface area contributed by atoms with Gasteiger partial charge >= 0.3 is 0 Å². The third-order valence-electron chi connectivity index (χ3n) is 5.76. The van der Waals surface area contributed by atoms with Crippen molar-refractivity contribution in [1.82, 2.24) is 0 Å². The third kappa shape index (κ3) is 5.08. The van der Waals surface area contributed by atoms with E-state index >= 15 is 0 Å². The lowest BCUT2D eigenvalue weighted by Gasteiger charge is -2.14. The highest BCUT2D eigenvalue weighted by molar-refractivity contribution is 5.97. The van der Waals surface area contributed by atoms with Gasteiger partial charge in [-0.05, 0) is 73.2 Å². The van der Waals surface area contributed by atoms with E-state index in [1.807, 2.05) is 43.3 Å². The van der Waals surface area contributed by atoms with Gasteiger partial charge in [-0.25, -0.2) is 0 Å². The molecule has 0 spiro atoms. The fourth-order valence-corrected chi connectivity index (χ4v) is 3.41. The molecule has 0 atom stereocenters. The lowest BCUT2D eigenvalue weighted by molar-refractivity contribution is -0.120. The molecule has 162 valence electrons. The van der Waals surface area contributed by atoms with Crippen LogP contribution in [0.1, 0.15) is 38.3 Å². The molecule has 0 bridgehead atoms. The molecule has 0 saturated heterocycles. The van der Waals surface area contributed by atoms with E-state index in [4.69, 9.17) is 9.47 Å². The van der Waals surface area contributed by atoms with Gasteiger partial charge in [0.25, 0.3) is 0 Å². The summed E-state index contributed by atoms with van der Waals surface area (Å²) in [7, 11) is 0. The number of aryl methyl sites for hydroxylation is 2. The summed E-state index contributed by atoms with van der Waals surface area (Å²) in [6.45, 7) is 6.61. The first-order chi connectivity index (χ1) is 14.5. The smallest absolute Gasteiger partial charge is 0.231 e. The minimum atomic E-state index is -0.145. The van der Waals surface area contributed by atoms with Crippen LogP contribution in [0.15, 0.2) is 66.7 Å². The molecule has 1 amide bonds. The second-order valence-corrected chi connectivity index (χ2v) is 8.21. The van der Waals surface area contributed by atoms with E-state index in [2.05, 4.69) is 49.5 Å². The molecule has 4 heteroatoms. The molecule has 1 N–H and O–H groups in total. The highest BCUT2D eigenvalue weighted by atomic mass is 16.7. The standard InChI is InChI=1S/C19H21NO.C7H6O2.CH4/c1-13-6-4-5-7-16(13)17-12-15(9-8-14(17)2)20-18(21)19(3)10-11-19;1-2-4-7-6(3-1)8-5-9-7;/h4-9,12H,10-11H2,1-3H3,(H,20,21);1-4H,5H2;1H4. The lowest BCUT2D eigenvalue weighted by Crippen LogP contribution is -2.21. The maximum atomic E-state index is 12.2. The number of amides is 1. The highest BCUT2D eigenvalue weighted by Gasteiger charge is 2.44. The Morgan fingerprint density at radius 3 is 2.03 bits per heavy atom. The average Bonchev–Trinajstić information content (AvgIpc) is 3.33. The second-order valence-electron chi connectivity index (χ2n) is 8.21. The summed E-state index contributed by atoms with van der Waals surface area (Å²) in [6.07, 6.45) is 1.99. The number of anilines is 1. The van der Waals surface area contributed by atoms with E-state index < -0.39 is 0 Å². The van der Waals surface area contributed by atoms with E-state index in [9.17, 15) is 4.79 Å². The van der Waals surface area contributed by atoms with E-state index in [0.29, 0.717) is 6.79 Å². The van der Waals surface area contributed by atoms with Crippen LogP contribution in [-0.2, 0) is 4.79 Å². The second kappa shape index (κ2) is 9.25. The van der Waals surface area contributed by atoms with E-state index in [-0.39, 0.29) is 18.7 Å². The molecule has 5 rings (SSSR count). The summed E-state index contributed by atoms with van der Waals surface area (Å²) in [5.41, 5.74) is 5.62. The zero-order chi connectivity index (χ0) is 21.1. The molecule has 1 aliphatic heterocycles. The predicted molar refractivity (Wildman–Crippen MR) is 127 cm³/mol. The maximum absolute atomic E-state index is 12.2. The highest BCUT2D eigenvalue weighted by Crippen LogP contribution is 2.45. The Hall–Kier alpha value is -3.27. The van der Waals surface area contributed by atoms with Crippen molar-refractivity contribution in [3.8, 4) is 22.6 Å². The van der Waals surface area contributed by atoms with Crippen molar-refractivity contribution in [3.05, 3.63) is 77.9 Å². The number of fused-ring (bicyclic) bond motifs is 1. The van der Waals surface area contributed by atoms with Crippen molar-refractivity contribution in [2.75, 3.05) is 12.1 Å². The minimum absolute atomic E-state index is 0. The normalized spacial score (nSPS) is 14.5. The maximum Gasteiger partial charge on any atom is 0.231 e. The number of nitrogens with one attached hydrogen (secondary N) is 1. The van der Waals surface area contributed by atoms with Crippen LogP contribution in [0.3, 0.4) is 0 Å². The van der Waals surface area contributed by atoms with E-state index in [1.54, 1.807) is 0 Å². The van der Waals surface area contributed by atoms with Crippen molar-refractivity contribution >= 4 is 11.6 Å². The van der Waals surface area contributed by atoms with E-state index in [0.717, 1.165) is 30.0 Å². The summed E-state index contributed by atoms with van der Waals surface area (Å²) in [5, 5.41) is 3.06. The molecule has 1 aliphatic carbocycles. The van der Waals surface area contributed by atoms with Gasteiger partial charge in [0.15, 0.2) is 11.5 Å². The molecule has 1 heterocycles. The summed E-state index contributed by atoms with van der Waals surface area (Å²) >= 11 is 0. The van der Waals surface area contributed by atoms with Crippen molar-refractivity contribution in [1.29, 1.82) is 0 Å². The molecule has 31 heavy (non-hydrogen) atoms. The number of hydrogen-bond donors (Lipinski definition) is 1. The lowest BCUT2D eigenvalue weighted by atomic mass is 9.96. The summed E-state index contributed by atoms with van der Waals surface area (Å²) < 4.78 is 10.2. The summed E-state index contributed by atoms with van der Waals surface area (Å²) in [6, 6.07) is 22.1. The fourth-order valence-electron chi connectivity index (χ4n) is 3.41. The Morgan fingerprint density at radius 1 is 0.839 bits per heavy atom. The molecule has 0 unspecified atom stereocenters. The van der Waals surface area contributed by atoms with Crippen molar-refractivity contribution in [3.63, 3.8) is 0 Å². The number of benzene rings is 3. The van der Waals surface area contributed by atoms with Crippen molar-refractivity contribution in [2.45, 2.75) is 41.0 Å².